The molecule has 4 aromatic carbocycles. The van der Waals surface area contributed by atoms with Gasteiger partial charge >= 0.3 is 41.8 Å². The van der Waals surface area contributed by atoms with Crippen LogP contribution in [0.1, 0.15) is 62.2 Å². The molecule has 0 bridgehead atoms. The molecule has 0 saturated carbocycles. The summed E-state index contributed by atoms with van der Waals surface area (Å²) >= 11 is 0.761. The van der Waals surface area contributed by atoms with E-state index in [1.807, 2.05) is 0 Å². The van der Waals surface area contributed by atoms with E-state index < -0.39 is 103 Å². The highest BCUT2D eigenvalue weighted by atomic mass is 32.2. The smallest absolute Gasteiger partial charge is 0.338 e. The summed E-state index contributed by atoms with van der Waals surface area (Å²) in [5.41, 5.74) is -1.01. The maximum Gasteiger partial charge on any atom is 0.338 e. The molecular weight excluding hydrogens is 841 g/mol. The Morgan fingerprint density at radius 2 is 0.889 bits per heavy atom. The van der Waals surface area contributed by atoms with Crippen molar-refractivity contribution in [3.05, 3.63) is 155 Å². The SMILES string of the molecule is CC(=O)OC[C@H]1OC=C(S[C@@H]2O[C@H](COC(=O)c3ccccc3)[C@@H](OC(=O)c3ccccc3)[C@H](OC(=O)c3ccccc3)[C@H]2OC(=O)c2ccccc2)[C@@H](OC(C)=O)[C@H]1OC(C)=O. The summed E-state index contributed by atoms with van der Waals surface area (Å²) in [6.07, 6.45) is -9.21. The van der Waals surface area contributed by atoms with Gasteiger partial charge in [0.2, 0.25) is 0 Å². The number of thioether (sulfide) groups is 1. The minimum Gasteiger partial charge on any atom is -0.489 e. The zero-order chi connectivity index (χ0) is 44.9. The molecule has 2 aliphatic heterocycles. The Morgan fingerprint density at radius 1 is 0.460 bits per heavy atom. The molecule has 63 heavy (non-hydrogen) atoms. The minimum absolute atomic E-state index is 0.0363. The van der Waals surface area contributed by atoms with Crippen LogP contribution in [-0.2, 0) is 57.0 Å². The number of hydrogen-bond acceptors (Lipinski definition) is 17. The molecule has 16 nitrogen and oxygen atoms in total. The highest BCUT2D eigenvalue weighted by Crippen LogP contribution is 2.42. The van der Waals surface area contributed by atoms with E-state index >= 15 is 0 Å². The van der Waals surface area contributed by atoms with Gasteiger partial charge in [-0.2, -0.15) is 0 Å². The number of carbonyl (C=O) groups excluding carboxylic acids is 7. The van der Waals surface area contributed by atoms with E-state index in [-0.39, 0.29) is 27.2 Å². The van der Waals surface area contributed by atoms with Crippen molar-refractivity contribution in [1.82, 2.24) is 0 Å². The standard InChI is InChI=1S/C46H42O16S/c1-27(47)54-24-34-37(57-28(2)48)39(58-29(3)49)36(26-55-34)63-46-41(62-45(53)33-22-14-7-15-23-33)40(61-44(52)32-20-12-6-13-21-32)38(60-43(51)31-18-10-5-11-19-31)35(59-46)25-56-42(50)30-16-8-4-9-17-30/h4-23,26,34-35,37-41,46H,24-25H2,1-3H3/t34-,35-,37+,38-,39-,40+,41-,46+/m1/s1. The molecule has 0 aliphatic carbocycles. The Kier molecular flexibility index (Phi) is 15.7. The molecule has 6 rings (SSSR count). The van der Waals surface area contributed by atoms with Gasteiger partial charge in [-0.3, -0.25) is 14.4 Å². The van der Waals surface area contributed by atoms with Crippen LogP contribution < -0.4 is 0 Å². The van der Waals surface area contributed by atoms with Gasteiger partial charge in [0.1, 0.15) is 24.8 Å². The van der Waals surface area contributed by atoms with Gasteiger partial charge in [0.15, 0.2) is 36.6 Å². The minimum atomic E-state index is -1.69. The number of benzene rings is 4. The molecular formula is C46H42O16S. The van der Waals surface area contributed by atoms with Gasteiger partial charge in [0, 0.05) is 20.8 Å². The summed E-state index contributed by atoms with van der Waals surface area (Å²) in [5, 5.41) is 0. The number of esters is 7. The average molecular weight is 883 g/mol. The molecule has 0 spiro atoms. The van der Waals surface area contributed by atoms with Gasteiger partial charge in [-0.05, 0) is 48.5 Å². The topological polar surface area (TPSA) is 203 Å². The first-order chi connectivity index (χ1) is 30.4. The summed E-state index contributed by atoms with van der Waals surface area (Å²) in [6, 6.07) is 31.6. The molecule has 4 aromatic rings. The quantitative estimate of drug-likeness (QED) is 0.105. The molecule has 0 N–H and O–H groups in total. The van der Waals surface area contributed by atoms with Crippen molar-refractivity contribution in [2.45, 2.75) is 68.9 Å². The van der Waals surface area contributed by atoms with Crippen LogP contribution in [0.3, 0.4) is 0 Å². The molecule has 328 valence electrons. The third kappa shape index (κ3) is 12.3. The van der Waals surface area contributed by atoms with Crippen LogP contribution in [0.4, 0.5) is 0 Å². The van der Waals surface area contributed by atoms with E-state index in [2.05, 4.69) is 0 Å². The van der Waals surface area contributed by atoms with E-state index in [9.17, 15) is 33.6 Å². The Hall–Kier alpha value is -6.98. The molecule has 1 fully saturated rings. The predicted octanol–water partition coefficient (Wildman–Crippen LogP) is 5.65. The molecule has 8 atom stereocenters. The van der Waals surface area contributed by atoms with Gasteiger partial charge in [0.25, 0.3) is 0 Å². The van der Waals surface area contributed by atoms with Gasteiger partial charge in [-0.1, -0.05) is 84.6 Å². The lowest BCUT2D eigenvalue weighted by atomic mass is 9.98. The molecule has 2 aliphatic rings. The van der Waals surface area contributed by atoms with Gasteiger partial charge in [-0.15, -0.1) is 0 Å². The van der Waals surface area contributed by atoms with Crippen molar-refractivity contribution in [2.75, 3.05) is 13.2 Å². The Labute approximate surface area is 365 Å². The van der Waals surface area contributed by atoms with Gasteiger partial charge in [0.05, 0.1) is 33.4 Å². The van der Waals surface area contributed by atoms with Crippen molar-refractivity contribution < 1.29 is 76.2 Å². The van der Waals surface area contributed by atoms with E-state index in [0.29, 0.717) is 0 Å². The van der Waals surface area contributed by atoms with Crippen molar-refractivity contribution >= 4 is 53.5 Å². The third-order valence-electron chi connectivity index (χ3n) is 9.34. The second-order valence-corrected chi connectivity index (χ2v) is 15.1. The van der Waals surface area contributed by atoms with Crippen molar-refractivity contribution in [3.63, 3.8) is 0 Å². The first kappa shape index (κ1) is 45.5. The van der Waals surface area contributed by atoms with E-state index in [1.54, 1.807) is 72.8 Å². The fourth-order valence-corrected chi connectivity index (χ4v) is 7.71. The molecule has 0 aromatic heterocycles. The first-order valence-electron chi connectivity index (χ1n) is 19.5. The van der Waals surface area contributed by atoms with Crippen LogP contribution in [0.15, 0.2) is 132 Å². The lowest BCUT2D eigenvalue weighted by Gasteiger charge is -2.45. The number of carbonyl (C=O) groups is 7. The second-order valence-electron chi connectivity index (χ2n) is 13.9. The highest BCUT2D eigenvalue weighted by molar-refractivity contribution is 8.03. The van der Waals surface area contributed by atoms with Crippen LogP contribution >= 0.6 is 11.8 Å². The zero-order valence-electron chi connectivity index (χ0n) is 34.1. The predicted molar refractivity (Wildman–Crippen MR) is 221 cm³/mol. The fourth-order valence-electron chi connectivity index (χ4n) is 6.47. The zero-order valence-corrected chi connectivity index (χ0v) is 34.9. The Bertz CT molecular complexity index is 2270. The average Bonchev–Trinajstić information content (AvgIpc) is 3.28. The number of rotatable bonds is 15. The molecule has 1 saturated heterocycles. The summed E-state index contributed by atoms with van der Waals surface area (Å²) in [5.74, 6) is -5.72. The monoisotopic (exact) mass is 882 g/mol. The van der Waals surface area contributed by atoms with Crippen molar-refractivity contribution in [2.24, 2.45) is 0 Å². The molecule has 0 radical (unpaired) electrons. The fraction of sp³-hybridized carbons (Fsp3) is 0.283. The molecule has 2 heterocycles. The summed E-state index contributed by atoms with van der Waals surface area (Å²) in [6.45, 7) is 2.40. The molecule has 17 heteroatoms. The largest absolute Gasteiger partial charge is 0.489 e. The second kappa shape index (κ2) is 21.7. The molecule has 0 amide bonds. The maximum atomic E-state index is 14.0. The maximum absolute atomic E-state index is 14.0. The molecule has 0 unspecified atom stereocenters. The van der Waals surface area contributed by atoms with E-state index in [1.165, 1.54) is 61.7 Å². The number of hydrogen-bond donors (Lipinski definition) is 0. The lowest BCUT2D eigenvalue weighted by molar-refractivity contribution is -0.207. The Morgan fingerprint density at radius 3 is 1.35 bits per heavy atom. The highest BCUT2D eigenvalue weighted by Gasteiger charge is 2.55. The number of ether oxygens (including phenoxy) is 9. The van der Waals surface area contributed by atoms with Crippen LogP contribution in [0, 0.1) is 0 Å². The summed E-state index contributed by atoms with van der Waals surface area (Å²) in [4.78, 5) is 92.1. The van der Waals surface area contributed by atoms with E-state index in [0.717, 1.165) is 25.6 Å². The van der Waals surface area contributed by atoms with E-state index in [4.69, 9.17) is 42.6 Å². The lowest BCUT2D eigenvalue weighted by Crippen LogP contribution is -2.62. The van der Waals surface area contributed by atoms with Gasteiger partial charge in [-0.25, -0.2) is 19.2 Å². The van der Waals surface area contributed by atoms with Crippen LogP contribution in [0.5, 0.6) is 0 Å². The van der Waals surface area contributed by atoms with Crippen LogP contribution in [-0.4, -0.2) is 103 Å². The normalized spacial score (nSPS) is 22.7. The van der Waals surface area contributed by atoms with Crippen LogP contribution in [0.2, 0.25) is 0 Å². The van der Waals surface area contributed by atoms with Crippen molar-refractivity contribution in [1.29, 1.82) is 0 Å². The van der Waals surface area contributed by atoms with Crippen molar-refractivity contribution in [3.8, 4) is 0 Å². The van der Waals surface area contributed by atoms with Crippen LogP contribution in [0.25, 0.3) is 0 Å². The summed E-state index contributed by atoms with van der Waals surface area (Å²) in [7, 11) is 0. The third-order valence-corrected chi connectivity index (χ3v) is 10.6. The Balaban J connectivity index is 1.46. The van der Waals surface area contributed by atoms with Gasteiger partial charge < -0.3 is 42.6 Å². The summed E-state index contributed by atoms with van der Waals surface area (Å²) < 4.78 is 53.0. The first-order valence-corrected chi connectivity index (χ1v) is 20.4.